The zero-order chi connectivity index (χ0) is 20.9. The zero-order valence-electron chi connectivity index (χ0n) is 17.7. The lowest BCUT2D eigenvalue weighted by molar-refractivity contribution is -0.242. The second-order valence-corrected chi connectivity index (χ2v) is 10.2. The van der Waals surface area contributed by atoms with E-state index in [4.69, 9.17) is 32.7 Å². The molecule has 0 heterocycles. The largest absolute Gasteiger partial charge is 0.421 e. The highest BCUT2D eigenvalue weighted by Crippen LogP contribution is 2.44. The second-order valence-electron chi connectivity index (χ2n) is 9.28. The Labute approximate surface area is 180 Å². The van der Waals surface area contributed by atoms with Crippen molar-refractivity contribution in [1.29, 1.82) is 0 Å². The molecule has 0 aromatic heterocycles. The smallest absolute Gasteiger partial charge is 0.327 e. The van der Waals surface area contributed by atoms with Crippen molar-refractivity contribution in [2.45, 2.75) is 102 Å². The molecule has 6 heteroatoms. The number of esters is 2. The Bertz CT molecular complexity index is 491. The molecule has 2 unspecified atom stereocenters. The minimum Gasteiger partial charge on any atom is -0.421 e. The van der Waals surface area contributed by atoms with E-state index in [0.29, 0.717) is 18.8 Å². The van der Waals surface area contributed by atoms with Gasteiger partial charge in [-0.1, -0.05) is 59.8 Å². The fourth-order valence-corrected chi connectivity index (χ4v) is 4.49. The summed E-state index contributed by atoms with van der Waals surface area (Å²) in [5.41, 5.74) is 0. The predicted molar refractivity (Wildman–Crippen MR) is 112 cm³/mol. The van der Waals surface area contributed by atoms with Gasteiger partial charge in [-0.3, -0.25) is 9.59 Å². The maximum Gasteiger partial charge on any atom is 0.327 e. The van der Waals surface area contributed by atoms with Gasteiger partial charge < -0.3 is 9.47 Å². The minimum atomic E-state index is -1.23. The highest BCUT2D eigenvalue weighted by Gasteiger charge is 2.46. The molecule has 0 spiro atoms. The van der Waals surface area contributed by atoms with E-state index in [2.05, 4.69) is 0 Å². The van der Waals surface area contributed by atoms with Crippen LogP contribution in [-0.4, -0.2) is 28.5 Å². The van der Waals surface area contributed by atoms with Crippen LogP contribution in [0.15, 0.2) is 0 Å². The van der Waals surface area contributed by atoms with Crippen molar-refractivity contribution in [3.8, 4) is 0 Å². The van der Waals surface area contributed by atoms with Gasteiger partial charge in [0.05, 0.1) is 0 Å². The van der Waals surface area contributed by atoms with Crippen molar-refractivity contribution in [1.82, 2.24) is 0 Å². The molecule has 0 radical (unpaired) electrons. The van der Waals surface area contributed by atoms with Gasteiger partial charge in [0.25, 0.3) is 5.79 Å². The molecule has 2 fully saturated rings. The Morgan fingerprint density at radius 1 is 0.750 bits per heavy atom. The van der Waals surface area contributed by atoms with Crippen LogP contribution in [0, 0.1) is 23.7 Å². The van der Waals surface area contributed by atoms with Crippen LogP contribution in [0.1, 0.15) is 85.5 Å². The van der Waals surface area contributed by atoms with Crippen LogP contribution in [0.2, 0.25) is 0 Å². The van der Waals surface area contributed by atoms with Gasteiger partial charge in [-0.05, 0) is 36.5 Å². The summed E-state index contributed by atoms with van der Waals surface area (Å²) in [6.07, 6.45) is 9.35. The van der Waals surface area contributed by atoms with E-state index in [1.54, 1.807) is 0 Å². The number of halogens is 2. The van der Waals surface area contributed by atoms with Crippen LogP contribution in [-0.2, 0) is 19.1 Å². The molecule has 2 atom stereocenters. The first kappa shape index (κ1) is 23.8. The van der Waals surface area contributed by atoms with Crippen molar-refractivity contribution in [3.63, 3.8) is 0 Å². The van der Waals surface area contributed by atoms with Crippen LogP contribution in [0.25, 0.3) is 0 Å². The highest BCUT2D eigenvalue weighted by molar-refractivity contribution is 6.30. The molecule has 0 aromatic rings. The molecular weight excluding hydrogens is 399 g/mol. The van der Waals surface area contributed by atoms with Gasteiger partial charge in [0, 0.05) is 12.8 Å². The molecule has 0 saturated heterocycles. The molecule has 0 bridgehead atoms. The molecule has 2 saturated carbocycles. The molecule has 0 aromatic carbocycles. The van der Waals surface area contributed by atoms with Gasteiger partial charge in [0.15, 0.2) is 0 Å². The van der Waals surface area contributed by atoms with Gasteiger partial charge in [0.2, 0.25) is 0 Å². The van der Waals surface area contributed by atoms with Crippen molar-refractivity contribution >= 4 is 35.1 Å². The second kappa shape index (κ2) is 10.5. The molecule has 0 aliphatic heterocycles. The topological polar surface area (TPSA) is 52.6 Å². The molecule has 2 aliphatic rings. The summed E-state index contributed by atoms with van der Waals surface area (Å²) >= 11 is 12.4. The SMILES string of the molecule is CC(C)C(Cl)C(=O)OC1(OC(=O)C(Cl)C(C)C)CCC(C2CCCCC2)CC1. The summed E-state index contributed by atoms with van der Waals surface area (Å²) in [5, 5.41) is -1.52. The minimum absolute atomic E-state index is 0.0584. The number of carbonyl (C=O) groups is 2. The zero-order valence-corrected chi connectivity index (χ0v) is 19.2. The molecule has 2 aliphatic carbocycles. The average molecular weight is 435 g/mol. The molecule has 0 amide bonds. The number of hydrogen-bond donors (Lipinski definition) is 0. The van der Waals surface area contributed by atoms with Crippen molar-refractivity contribution in [2.75, 3.05) is 0 Å². The lowest BCUT2D eigenvalue weighted by Crippen LogP contribution is -2.47. The summed E-state index contributed by atoms with van der Waals surface area (Å²) in [5.74, 6) is -1.03. The van der Waals surface area contributed by atoms with E-state index in [0.717, 1.165) is 18.8 Å². The number of carbonyl (C=O) groups excluding carboxylic acids is 2. The average Bonchev–Trinajstić information content (AvgIpc) is 2.67. The van der Waals surface area contributed by atoms with Gasteiger partial charge >= 0.3 is 11.9 Å². The number of rotatable bonds is 7. The normalized spacial score (nSPS) is 28.8. The third-order valence-electron chi connectivity index (χ3n) is 6.30. The van der Waals surface area contributed by atoms with Crippen LogP contribution in [0.4, 0.5) is 0 Å². The van der Waals surface area contributed by atoms with E-state index in [-0.39, 0.29) is 11.8 Å². The van der Waals surface area contributed by atoms with Crippen LogP contribution >= 0.6 is 23.2 Å². The number of ether oxygens (including phenoxy) is 2. The molecular formula is C22H36Cl2O4. The molecule has 2 rings (SSSR count). The lowest BCUT2D eigenvalue weighted by atomic mass is 9.72. The standard InChI is InChI=1S/C22H36Cl2O4/c1-14(2)18(23)20(25)27-22(28-21(26)19(24)15(3)4)12-10-17(11-13-22)16-8-6-5-7-9-16/h14-19H,5-13H2,1-4H3. The van der Waals surface area contributed by atoms with Gasteiger partial charge in [-0.15, -0.1) is 23.2 Å². The van der Waals surface area contributed by atoms with Crippen LogP contribution in [0.5, 0.6) is 0 Å². The van der Waals surface area contributed by atoms with Crippen molar-refractivity contribution < 1.29 is 19.1 Å². The summed E-state index contributed by atoms with van der Waals surface area (Å²) in [6.45, 7) is 7.46. The van der Waals surface area contributed by atoms with Crippen LogP contribution in [0.3, 0.4) is 0 Å². The third-order valence-corrected chi connectivity index (χ3v) is 7.67. The summed E-state index contributed by atoms with van der Waals surface area (Å²) in [7, 11) is 0. The molecule has 162 valence electrons. The molecule has 0 N–H and O–H groups in total. The van der Waals surface area contributed by atoms with E-state index < -0.39 is 28.5 Å². The Balaban J connectivity index is 2.08. The Hall–Kier alpha value is -0.480. The van der Waals surface area contributed by atoms with Crippen LogP contribution < -0.4 is 0 Å². The van der Waals surface area contributed by atoms with E-state index in [1.807, 2.05) is 27.7 Å². The molecule has 28 heavy (non-hydrogen) atoms. The van der Waals surface area contributed by atoms with Crippen molar-refractivity contribution in [3.05, 3.63) is 0 Å². The van der Waals surface area contributed by atoms with E-state index in [9.17, 15) is 9.59 Å². The van der Waals surface area contributed by atoms with E-state index >= 15 is 0 Å². The highest BCUT2D eigenvalue weighted by atomic mass is 35.5. The first-order valence-corrected chi connectivity index (χ1v) is 11.8. The summed E-state index contributed by atoms with van der Waals surface area (Å²) in [4.78, 5) is 25.1. The fourth-order valence-electron chi connectivity index (χ4n) is 4.41. The maximum absolute atomic E-state index is 12.5. The maximum atomic E-state index is 12.5. The first-order valence-electron chi connectivity index (χ1n) is 10.9. The summed E-state index contributed by atoms with van der Waals surface area (Å²) in [6, 6.07) is 0. The Morgan fingerprint density at radius 2 is 1.14 bits per heavy atom. The van der Waals surface area contributed by atoms with Gasteiger partial charge in [-0.25, -0.2) is 0 Å². The quantitative estimate of drug-likeness (QED) is 0.277. The first-order chi connectivity index (χ1) is 13.1. The predicted octanol–water partition coefficient (Wildman–Crippen LogP) is 6.07. The van der Waals surface area contributed by atoms with E-state index in [1.165, 1.54) is 32.1 Å². The number of hydrogen-bond acceptors (Lipinski definition) is 4. The third kappa shape index (κ3) is 6.26. The molecule has 4 nitrogen and oxygen atoms in total. The van der Waals surface area contributed by atoms with Gasteiger partial charge in [-0.2, -0.15) is 0 Å². The number of alkyl halides is 2. The monoisotopic (exact) mass is 434 g/mol. The Morgan fingerprint density at radius 3 is 1.54 bits per heavy atom. The fraction of sp³-hybridized carbons (Fsp3) is 0.909. The summed E-state index contributed by atoms with van der Waals surface area (Å²) < 4.78 is 11.5. The van der Waals surface area contributed by atoms with Gasteiger partial charge in [0.1, 0.15) is 10.8 Å². The Kier molecular flexibility index (Phi) is 8.94. The lowest BCUT2D eigenvalue weighted by Gasteiger charge is -2.42. The van der Waals surface area contributed by atoms with Crippen molar-refractivity contribution in [2.24, 2.45) is 23.7 Å².